The fourth-order valence-corrected chi connectivity index (χ4v) is 1.57. The Bertz CT molecular complexity index is 92.5. The van der Waals surface area contributed by atoms with E-state index in [9.17, 15) is 0 Å². The first-order chi connectivity index (χ1) is 4.47. The number of piperidine rings is 1. The molecule has 9 heavy (non-hydrogen) atoms. The number of hydrogen-bond donors (Lipinski definition) is 2. The van der Waals surface area contributed by atoms with Crippen LogP contribution in [-0.2, 0) is 0 Å². The zero-order chi connectivity index (χ0) is 6.10. The van der Waals surface area contributed by atoms with Gasteiger partial charge < -0.3 is 5.32 Å². The van der Waals surface area contributed by atoms with Crippen LogP contribution in [0.15, 0.2) is 0 Å². The maximum atomic E-state index is 4.27. The first kappa shape index (κ1) is 5.65. The van der Waals surface area contributed by atoms with Crippen LogP contribution in [0.2, 0.25) is 0 Å². The summed E-state index contributed by atoms with van der Waals surface area (Å²) >= 11 is 0. The minimum absolute atomic E-state index is 0.617. The van der Waals surface area contributed by atoms with Gasteiger partial charge in [0.05, 0.1) is 0 Å². The van der Waals surface area contributed by atoms with Gasteiger partial charge in [-0.1, -0.05) is 0 Å². The Morgan fingerprint density at radius 1 is 1.33 bits per heavy atom. The summed E-state index contributed by atoms with van der Waals surface area (Å²) in [4.78, 5) is 0. The van der Waals surface area contributed by atoms with Gasteiger partial charge in [0, 0.05) is 25.0 Å². The first-order valence-electron chi connectivity index (χ1n) is 3.60. The highest BCUT2D eigenvalue weighted by atomic mass is 15.4. The molecule has 2 unspecified atom stereocenters. The van der Waals surface area contributed by atoms with Crippen LogP contribution in [-0.4, -0.2) is 25.7 Å². The number of nitrogens with zero attached hydrogens (tertiary/aromatic N) is 1. The molecule has 2 rings (SSSR count). The summed E-state index contributed by atoms with van der Waals surface area (Å²) in [5.74, 6) is 0.777. The summed E-state index contributed by atoms with van der Waals surface area (Å²) in [6.45, 7) is 3.38. The Morgan fingerprint density at radius 3 is 3.22 bits per heavy atom. The number of fused-ring (bicyclic) bond motifs is 1. The SMILES string of the molecule is C1CC2[N]NCC2CN1. The van der Waals surface area contributed by atoms with Gasteiger partial charge in [-0.25, -0.2) is 5.43 Å². The molecule has 2 aliphatic heterocycles. The van der Waals surface area contributed by atoms with Gasteiger partial charge in [-0.05, 0) is 13.0 Å². The van der Waals surface area contributed by atoms with E-state index in [1.165, 1.54) is 6.42 Å². The van der Waals surface area contributed by atoms with E-state index in [-0.39, 0.29) is 0 Å². The van der Waals surface area contributed by atoms with Gasteiger partial charge >= 0.3 is 0 Å². The highest BCUT2D eigenvalue weighted by Crippen LogP contribution is 2.14. The van der Waals surface area contributed by atoms with Crippen LogP contribution in [0.25, 0.3) is 0 Å². The third-order valence-corrected chi connectivity index (χ3v) is 2.18. The van der Waals surface area contributed by atoms with Crippen LogP contribution < -0.4 is 16.2 Å². The Morgan fingerprint density at radius 2 is 2.33 bits per heavy atom. The lowest BCUT2D eigenvalue weighted by Crippen LogP contribution is -2.40. The van der Waals surface area contributed by atoms with Gasteiger partial charge in [0.1, 0.15) is 0 Å². The van der Waals surface area contributed by atoms with Crippen LogP contribution in [0.3, 0.4) is 0 Å². The normalized spacial score (nSPS) is 42.7. The quantitative estimate of drug-likeness (QED) is 0.441. The molecule has 0 aromatic carbocycles. The highest BCUT2D eigenvalue weighted by Gasteiger charge is 2.29. The summed E-state index contributed by atoms with van der Waals surface area (Å²) in [6.07, 6.45) is 1.22. The van der Waals surface area contributed by atoms with E-state index < -0.39 is 0 Å². The van der Waals surface area contributed by atoms with Crippen LogP contribution in [0.4, 0.5) is 0 Å². The van der Waals surface area contributed by atoms with E-state index in [0.29, 0.717) is 6.04 Å². The maximum Gasteiger partial charge on any atom is 0.0481 e. The molecule has 0 spiro atoms. The minimum Gasteiger partial charge on any atom is -0.316 e. The van der Waals surface area contributed by atoms with Crippen molar-refractivity contribution in [1.29, 1.82) is 0 Å². The number of hydrogen-bond acceptors (Lipinski definition) is 2. The monoisotopic (exact) mass is 126 g/mol. The van der Waals surface area contributed by atoms with E-state index in [2.05, 4.69) is 16.2 Å². The van der Waals surface area contributed by atoms with Gasteiger partial charge in [0.2, 0.25) is 0 Å². The summed E-state index contributed by atoms with van der Waals surface area (Å²) < 4.78 is 0. The van der Waals surface area contributed by atoms with Gasteiger partial charge in [-0.2, -0.15) is 5.43 Å². The molecule has 2 heterocycles. The van der Waals surface area contributed by atoms with Gasteiger partial charge in [-0.3, -0.25) is 0 Å². The fraction of sp³-hybridized carbons (Fsp3) is 1.00. The third kappa shape index (κ3) is 0.956. The summed E-state index contributed by atoms with van der Waals surface area (Å²) in [6, 6.07) is 0.617. The predicted octanol–water partition coefficient (Wildman–Crippen LogP) is -0.913. The lowest BCUT2D eigenvalue weighted by atomic mass is 9.96. The standard InChI is InChI=1S/C6H12N3/c1-2-7-3-5-4-8-9-6(1)5/h5-8H,1-4H2. The largest absolute Gasteiger partial charge is 0.316 e. The number of rotatable bonds is 0. The van der Waals surface area contributed by atoms with Gasteiger partial charge in [0.25, 0.3) is 0 Å². The maximum absolute atomic E-state index is 4.27. The molecule has 0 bridgehead atoms. The van der Waals surface area contributed by atoms with Crippen molar-refractivity contribution < 1.29 is 0 Å². The van der Waals surface area contributed by atoms with E-state index in [1.54, 1.807) is 0 Å². The third-order valence-electron chi connectivity index (χ3n) is 2.18. The molecule has 2 aliphatic rings. The van der Waals surface area contributed by atoms with Crippen molar-refractivity contribution in [1.82, 2.24) is 16.2 Å². The molecule has 51 valence electrons. The zero-order valence-electron chi connectivity index (χ0n) is 5.43. The van der Waals surface area contributed by atoms with Crippen molar-refractivity contribution in [2.45, 2.75) is 12.5 Å². The molecule has 1 radical (unpaired) electrons. The van der Waals surface area contributed by atoms with Crippen molar-refractivity contribution in [2.24, 2.45) is 5.92 Å². The van der Waals surface area contributed by atoms with Crippen molar-refractivity contribution in [3.05, 3.63) is 0 Å². The molecule has 2 N–H and O–H groups in total. The first-order valence-corrected chi connectivity index (χ1v) is 3.60. The Labute approximate surface area is 55.2 Å². The fourth-order valence-electron chi connectivity index (χ4n) is 1.57. The van der Waals surface area contributed by atoms with Gasteiger partial charge in [-0.15, -0.1) is 0 Å². The van der Waals surface area contributed by atoms with E-state index >= 15 is 0 Å². The molecule has 2 saturated heterocycles. The Balaban J connectivity index is 1.97. The molecule has 0 saturated carbocycles. The summed E-state index contributed by atoms with van der Waals surface area (Å²) in [7, 11) is 0. The molecule has 3 heteroatoms. The molecule has 0 aliphatic carbocycles. The van der Waals surface area contributed by atoms with Crippen molar-refractivity contribution in [2.75, 3.05) is 19.6 Å². The van der Waals surface area contributed by atoms with E-state index in [4.69, 9.17) is 0 Å². The lowest BCUT2D eigenvalue weighted by molar-refractivity contribution is 0.348. The summed E-state index contributed by atoms with van der Waals surface area (Å²) in [5, 5.41) is 3.36. The second-order valence-corrected chi connectivity index (χ2v) is 2.81. The molecular formula is C6H12N3. The molecule has 0 aromatic rings. The second kappa shape index (κ2) is 2.25. The summed E-state index contributed by atoms with van der Waals surface area (Å²) in [5.41, 5.74) is 7.32. The molecule has 2 fully saturated rings. The average Bonchev–Trinajstić information content (AvgIpc) is 2.33. The van der Waals surface area contributed by atoms with Crippen LogP contribution in [0.1, 0.15) is 6.42 Å². The van der Waals surface area contributed by atoms with E-state index in [0.717, 1.165) is 25.6 Å². The van der Waals surface area contributed by atoms with Gasteiger partial charge in [0.15, 0.2) is 0 Å². The van der Waals surface area contributed by atoms with E-state index in [1.807, 2.05) is 0 Å². The molecule has 0 aromatic heterocycles. The average molecular weight is 126 g/mol. The number of nitrogens with one attached hydrogen (secondary N) is 2. The topological polar surface area (TPSA) is 38.2 Å². The lowest BCUT2D eigenvalue weighted by Gasteiger charge is -2.23. The molecule has 3 nitrogen and oxygen atoms in total. The minimum atomic E-state index is 0.617. The molecule has 0 amide bonds. The second-order valence-electron chi connectivity index (χ2n) is 2.81. The Hall–Kier alpha value is -0.120. The van der Waals surface area contributed by atoms with Crippen LogP contribution >= 0.6 is 0 Å². The van der Waals surface area contributed by atoms with Crippen molar-refractivity contribution >= 4 is 0 Å². The molecule has 2 atom stereocenters. The van der Waals surface area contributed by atoms with Crippen molar-refractivity contribution in [3.63, 3.8) is 0 Å². The predicted molar refractivity (Wildman–Crippen MR) is 34.9 cm³/mol. The zero-order valence-corrected chi connectivity index (χ0v) is 5.43. The highest BCUT2D eigenvalue weighted by molar-refractivity contribution is 4.87. The smallest absolute Gasteiger partial charge is 0.0481 e. The van der Waals surface area contributed by atoms with Crippen molar-refractivity contribution in [3.8, 4) is 0 Å². The molecular weight excluding hydrogens is 114 g/mol. The van der Waals surface area contributed by atoms with Crippen LogP contribution in [0.5, 0.6) is 0 Å². The Kier molecular flexibility index (Phi) is 1.41. The van der Waals surface area contributed by atoms with Crippen LogP contribution in [0, 0.1) is 5.92 Å².